The molecule has 132 valence electrons. The molecule has 0 N–H and O–H groups in total. The summed E-state index contributed by atoms with van der Waals surface area (Å²) in [6.07, 6.45) is 8.30. The fourth-order valence-corrected chi connectivity index (χ4v) is 2.98. The summed E-state index contributed by atoms with van der Waals surface area (Å²) in [4.78, 5) is 24.2. The molecule has 25 heavy (non-hydrogen) atoms. The van der Waals surface area contributed by atoms with Crippen LogP contribution in [0.3, 0.4) is 0 Å². The Morgan fingerprint density at radius 3 is 2.88 bits per heavy atom. The first-order valence-corrected chi connectivity index (χ1v) is 8.47. The van der Waals surface area contributed by atoms with Gasteiger partial charge in [0.2, 0.25) is 5.91 Å². The van der Waals surface area contributed by atoms with Gasteiger partial charge < -0.3 is 9.64 Å². The average Bonchev–Trinajstić information content (AvgIpc) is 2.62. The summed E-state index contributed by atoms with van der Waals surface area (Å²) < 4.78 is 5.84. The Hall–Kier alpha value is -2.31. The average molecular weight is 340 g/mol. The highest BCUT2D eigenvalue weighted by atomic mass is 16.5. The van der Waals surface area contributed by atoms with E-state index in [2.05, 4.69) is 14.9 Å². The van der Waals surface area contributed by atoms with E-state index in [-0.39, 0.29) is 5.91 Å². The Labute approximate surface area is 148 Å². The molecule has 0 radical (unpaired) electrons. The van der Waals surface area contributed by atoms with Crippen molar-refractivity contribution in [3.63, 3.8) is 0 Å². The molecule has 0 aliphatic carbocycles. The fraction of sp³-hybridized carbons (Fsp3) is 0.421. The minimum Gasteiger partial charge on any atom is -0.372 e. The number of aromatic nitrogens is 2. The number of likely N-dealkylation sites (N-methyl/N-ethyl adjacent to an activating group) is 1. The quantitative estimate of drug-likeness (QED) is 0.800. The van der Waals surface area contributed by atoms with Gasteiger partial charge in [0.15, 0.2) is 0 Å². The molecule has 3 heterocycles. The van der Waals surface area contributed by atoms with Crippen molar-refractivity contribution in [2.45, 2.75) is 26.2 Å². The second kappa shape index (κ2) is 8.18. The summed E-state index contributed by atoms with van der Waals surface area (Å²) in [6, 6.07) is 3.92. The largest absolute Gasteiger partial charge is 0.372 e. The van der Waals surface area contributed by atoms with Gasteiger partial charge in [0.25, 0.3) is 0 Å². The Morgan fingerprint density at radius 1 is 1.24 bits per heavy atom. The Bertz CT molecular complexity index is 719. The monoisotopic (exact) mass is 340 g/mol. The van der Waals surface area contributed by atoms with Crippen molar-refractivity contribution in [3.05, 3.63) is 59.2 Å². The first kappa shape index (κ1) is 17.5. The second-order valence-electron chi connectivity index (χ2n) is 6.54. The predicted molar refractivity (Wildman–Crippen MR) is 94.6 cm³/mol. The zero-order chi connectivity index (χ0) is 17.6. The van der Waals surface area contributed by atoms with E-state index in [1.54, 1.807) is 25.2 Å². The van der Waals surface area contributed by atoms with E-state index in [0.717, 1.165) is 30.6 Å². The third-order valence-corrected chi connectivity index (χ3v) is 4.41. The molecule has 1 aliphatic rings. The van der Waals surface area contributed by atoms with Gasteiger partial charge in [-0.3, -0.25) is 19.7 Å². The maximum Gasteiger partial charge on any atom is 0.236 e. The summed E-state index contributed by atoms with van der Waals surface area (Å²) in [5, 5.41) is 0. The minimum absolute atomic E-state index is 0.132. The molecule has 2 aromatic heterocycles. The van der Waals surface area contributed by atoms with Gasteiger partial charge in [-0.15, -0.1) is 0 Å². The van der Waals surface area contributed by atoms with Crippen LogP contribution in [-0.4, -0.2) is 52.9 Å². The normalized spacial score (nSPS) is 14.2. The topological polar surface area (TPSA) is 58.6 Å². The van der Waals surface area contributed by atoms with E-state index >= 15 is 0 Å². The van der Waals surface area contributed by atoms with Crippen molar-refractivity contribution in [1.29, 1.82) is 0 Å². The van der Waals surface area contributed by atoms with Crippen LogP contribution in [0.4, 0.5) is 0 Å². The molecule has 6 heteroatoms. The molecule has 0 saturated carbocycles. The SMILES string of the molecule is CN(C)C(=O)CN1CCc2c(COCc3cccnc3)cncc2C1. The molecule has 0 aromatic carbocycles. The number of pyridine rings is 2. The van der Waals surface area contributed by atoms with E-state index in [9.17, 15) is 4.79 Å². The van der Waals surface area contributed by atoms with Crippen LogP contribution in [0.1, 0.15) is 22.3 Å². The van der Waals surface area contributed by atoms with Crippen molar-refractivity contribution >= 4 is 5.91 Å². The number of hydrogen-bond donors (Lipinski definition) is 0. The summed E-state index contributed by atoms with van der Waals surface area (Å²) in [7, 11) is 3.58. The summed E-state index contributed by atoms with van der Waals surface area (Å²) >= 11 is 0. The van der Waals surface area contributed by atoms with Gasteiger partial charge in [-0.05, 0) is 34.7 Å². The summed E-state index contributed by atoms with van der Waals surface area (Å²) in [5.41, 5.74) is 4.71. The van der Waals surface area contributed by atoms with Crippen LogP contribution in [0.25, 0.3) is 0 Å². The molecular formula is C19H24N4O2. The molecular weight excluding hydrogens is 316 g/mol. The maximum absolute atomic E-state index is 11.9. The van der Waals surface area contributed by atoms with Crippen LogP contribution in [0.2, 0.25) is 0 Å². The molecule has 0 unspecified atom stereocenters. The third-order valence-electron chi connectivity index (χ3n) is 4.41. The highest BCUT2D eigenvalue weighted by Gasteiger charge is 2.21. The third kappa shape index (κ3) is 4.61. The van der Waals surface area contributed by atoms with Crippen LogP contribution in [0.5, 0.6) is 0 Å². The number of nitrogens with zero attached hydrogens (tertiary/aromatic N) is 4. The molecule has 2 aromatic rings. The molecule has 1 aliphatic heterocycles. The van der Waals surface area contributed by atoms with E-state index in [1.807, 2.05) is 30.7 Å². The molecule has 0 fully saturated rings. The van der Waals surface area contributed by atoms with Gasteiger partial charge in [-0.25, -0.2) is 0 Å². The van der Waals surface area contributed by atoms with Gasteiger partial charge in [-0.2, -0.15) is 0 Å². The zero-order valence-electron chi connectivity index (χ0n) is 14.8. The van der Waals surface area contributed by atoms with Crippen molar-refractivity contribution in [3.8, 4) is 0 Å². The molecule has 3 rings (SSSR count). The molecule has 6 nitrogen and oxygen atoms in total. The number of carbonyl (C=O) groups excluding carboxylic acids is 1. The lowest BCUT2D eigenvalue weighted by Gasteiger charge is -2.30. The smallest absolute Gasteiger partial charge is 0.236 e. The molecule has 0 atom stereocenters. The van der Waals surface area contributed by atoms with Crippen molar-refractivity contribution in [2.24, 2.45) is 0 Å². The van der Waals surface area contributed by atoms with Gasteiger partial charge in [0.1, 0.15) is 0 Å². The van der Waals surface area contributed by atoms with E-state index in [0.29, 0.717) is 19.8 Å². The summed E-state index contributed by atoms with van der Waals surface area (Å²) in [5.74, 6) is 0.132. The minimum atomic E-state index is 0.132. The summed E-state index contributed by atoms with van der Waals surface area (Å²) in [6.45, 7) is 3.18. The van der Waals surface area contributed by atoms with E-state index < -0.39 is 0 Å². The van der Waals surface area contributed by atoms with Gasteiger partial charge >= 0.3 is 0 Å². The fourth-order valence-electron chi connectivity index (χ4n) is 2.98. The van der Waals surface area contributed by atoms with Crippen molar-refractivity contribution in [2.75, 3.05) is 27.2 Å². The number of rotatable bonds is 6. The first-order valence-electron chi connectivity index (χ1n) is 8.47. The lowest BCUT2D eigenvalue weighted by Crippen LogP contribution is -2.39. The predicted octanol–water partition coefficient (Wildman–Crippen LogP) is 1.64. The molecule has 0 spiro atoms. The molecule has 1 amide bonds. The van der Waals surface area contributed by atoms with E-state index in [4.69, 9.17) is 4.74 Å². The van der Waals surface area contributed by atoms with Crippen LogP contribution in [0.15, 0.2) is 36.9 Å². The molecule has 0 bridgehead atoms. The van der Waals surface area contributed by atoms with E-state index in [1.165, 1.54) is 11.1 Å². The molecule has 0 saturated heterocycles. The Kier molecular flexibility index (Phi) is 5.73. The number of hydrogen-bond acceptors (Lipinski definition) is 5. The number of fused-ring (bicyclic) bond motifs is 1. The Balaban J connectivity index is 1.60. The highest BCUT2D eigenvalue weighted by Crippen LogP contribution is 2.22. The van der Waals surface area contributed by atoms with Crippen LogP contribution >= 0.6 is 0 Å². The van der Waals surface area contributed by atoms with Gasteiger partial charge in [0, 0.05) is 52.0 Å². The number of amides is 1. The number of ether oxygens (including phenoxy) is 1. The van der Waals surface area contributed by atoms with Gasteiger partial charge in [0.05, 0.1) is 19.8 Å². The first-order chi connectivity index (χ1) is 12.1. The van der Waals surface area contributed by atoms with Crippen molar-refractivity contribution < 1.29 is 9.53 Å². The van der Waals surface area contributed by atoms with Gasteiger partial charge in [-0.1, -0.05) is 6.07 Å². The zero-order valence-corrected chi connectivity index (χ0v) is 14.8. The highest BCUT2D eigenvalue weighted by molar-refractivity contribution is 5.77. The van der Waals surface area contributed by atoms with Crippen LogP contribution in [0, 0.1) is 0 Å². The van der Waals surface area contributed by atoms with Crippen LogP contribution in [-0.2, 0) is 35.7 Å². The second-order valence-corrected chi connectivity index (χ2v) is 6.54. The standard InChI is InChI=1S/C19H24N4O2/c1-22(2)19(24)12-23-7-5-18-16(11-23)9-21-10-17(18)14-25-13-15-4-3-6-20-8-15/h3-4,6,8-10H,5,7,11-14H2,1-2H3. The van der Waals surface area contributed by atoms with Crippen molar-refractivity contribution in [1.82, 2.24) is 19.8 Å². The lowest BCUT2D eigenvalue weighted by atomic mass is 9.97. The maximum atomic E-state index is 11.9. The van der Waals surface area contributed by atoms with Crippen LogP contribution < -0.4 is 0 Å². The Morgan fingerprint density at radius 2 is 2.12 bits per heavy atom. The lowest BCUT2D eigenvalue weighted by molar-refractivity contribution is -0.130. The number of carbonyl (C=O) groups is 1.